The summed E-state index contributed by atoms with van der Waals surface area (Å²) in [6.07, 6.45) is 9.66. The summed E-state index contributed by atoms with van der Waals surface area (Å²) >= 11 is 0. The molecule has 1 unspecified atom stereocenters. The van der Waals surface area contributed by atoms with Crippen LogP contribution < -0.4 is 4.90 Å². The highest BCUT2D eigenvalue weighted by atomic mass is 15.1. The second-order valence-corrected chi connectivity index (χ2v) is 16.9. The van der Waals surface area contributed by atoms with Crippen LogP contribution in [0.25, 0.3) is 60.9 Å². The molecule has 0 fully saturated rings. The zero-order valence-electron chi connectivity index (χ0n) is 35.4. The minimum atomic E-state index is -0.686. The average molecular weight is 817 g/mol. The topological polar surface area (TPSA) is 8.17 Å². The summed E-state index contributed by atoms with van der Waals surface area (Å²) in [6, 6.07) is 80.0. The molecule has 10 aromatic rings. The van der Waals surface area contributed by atoms with Gasteiger partial charge in [-0.25, -0.2) is 0 Å². The van der Waals surface area contributed by atoms with Crippen molar-refractivity contribution in [3.05, 3.63) is 277 Å². The molecule has 1 aromatic heterocycles. The molecule has 0 N–H and O–H groups in total. The Balaban J connectivity index is 1.09. The Labute approximate surface area is 374 Å². The van der Waals surface area contributed by atoms with Crippen LogP contribution in [0, 0.1) is 0 Å². The van der Waals surface area contributed by atoms with E-state index in [1.165, 1.54) is 77.4 Å². The predicted octanol–water partition coefficient (Wildman–Crippen LogP) is 16.1. The summed E-state index contributed by atoms with van der Waals surface area (Å²) < 4.78 is 2.44. The van der Waals surface area contributed by atoms with E-state index in [4.69, 9.17) is 6.58 Å². The molecule has 1 heterocycles. The number of rotatable bonds is 6. The molecule has 302 valence electrons. The summed E-state index contributed by atoms with van der Waals surface area (Å²) in [5.41, 5.74) is 19.4. The van der Waals surface area contributed by atoms with Crippen molar-refractivity contribution in [2.45, 2.75) is 11.8 Å². The fourth-order valence-corrected chi connectivity index (χ4v) is 10.5. The molecule has 0 radical (unpaired) electrons. The van der Waals surface area contributed by atoms with Crippen molar-refractivity contribution in [2.75, 3.05) is 4.90 Å². The number of nitrogens with zero attached hydrogens (tertiary/aromatic N) is 2. The van der Waals surface area contributed by atoms with Crippen molar-refractivity contribution < 1.29 is 0 Å². The van der Waals surface area contributed by atoms with Crippen molar-refractivity contribution in [2.24, 2.45) is 0 Å². The zero-order valence-corrected chi connectivity index (χ0v) is 35.4. The first-order valence-corrected chi connectivity index (χ1v) is 22.2. The van der Waals surface area contributed by atoms with Gasteiger partial charge in [-0.15, -0.1) is 0 Å². The van der Waals surface area contributed by atoms with E-state index in [-0.39, 0.29) is 0 Å². The van der Waals surface area contributed by atoms with Gasteiger partial charge in [-0.1, -0.05) is 189 Å². The standard InChI is InChI=1S/C62H44N2/c1-43-17-5-2-10-22-48-23-11-14-26-57(48)62(43)58-41-51(37-39-53(58)54-40-38-52(42-59(54)62)64-60-27-15-12-24-55(60)56-25-13-16-28-61(56)64)63(49-33-29-46(30-34-49)44-18-6-3-7-19-44)50-35-31-47(32-36-50)45-20-8-4-9-21-45/h2-21,23-42H,1,22H2/b10-2-,17-5-. The van der Waals surface area contributed by atoms with Crippen LogP contribution in [0.4, 0.5) is 17.1 Å². The largest absolute Gasteiger partial charge is 0.310 e. The van der Waals surface area contributed by atoms with E-state index in [1.807, 2.05) is 0 Å². The summed E-state index contributed by atoms with van der Waals surface area (Å²) in [7, 11) is 0. The van der Waals surface area contributed by atoms with Gasteiger partial charge in [0.1, 0.15) is 0 Å². The molecule has 1 spiro atoms. The molecule has 2 aliphatic rings. The number of benzene rings is 9. The van der Waals surface area contributed by atoms with E-state index in [2.05, 4.69) is 252 Å². The third-order valence-corrected chi connectivity index (χ3v) is 13.5. The van der Waals surface area contributed by atoms with E-state index in [0.29, 0.717) is 0 Å². The van der Waals surface area contributed by atoms with Gasteiger partial charge in [0.15, 0.2) is 0 Å². The first-order valence-electron chi connectivity index (χ1n) is 22.2. The molecule has 12 rings (SSSR count). The number of para-hydroxylation sites is 2. The Kier molecular flexibility index (Phi) is 8.98. The summed E-state index contributed by atoms with van der Waals surface area (Å²) in [6.45, 7) is 5.01. The maximum atomic E-state index is 5.01. The third kappa shape index (κ3) is 5.95. The van der Waals surface area contributed by atoms with Crippen molar-refractivity contribution in [3.63, 3.8) is 0 Å². The average Bonchev–Trinajstić information content (AvgIpc) is 3.87. The highest BCUT2D eigenvalue weighted by Gasteiger charge is 2.48. The number of hydrogen-bond acceptors (Lipinski definition) is 1. The highest BCUT2D eigenvalue weighted by molar-refractivity contribution is 6.09. The van der Waals surface area contributed by atoms with E-state index in [9.17, 15) is 0 Å². The fraction of sp³-hybridized carbons (Fsp3) is 0.0323. The lowest BCUT2D eigenvalue weighted by molar-refractivity contribution is 0.759. The Morgan fingerprint density at radius 3 is 1.55 bits per heavy atom. The quantitative estimate of drug-likeness (QED) is 0.162. The van der Waals surface area contributed by atoms with Gasteiger partial charge in [0.25, 0.3) is 0 Å². The van der Waals surface area contributed by atoms with Crippen LogP contribution in [0.5, 0.6) is 0 Å². The maximum Gasteiger partial charge on any atom is 0.0712 e. The van der Waals surface area contributed by atoms with Crippen LogP contribution in [0.1, 0.15) is 22.3 Å². The SMILES string of the molecule is C=C1/C=C\C=C/Cc2ccccc2C12c1cc(N(c3ccc(-c4ccccc4)cc3)c3ccc(-c4ccccc4)cc3)ccc1-c1ccc(-n3c4ccccc4c4ccccc43)cc12. The molecule has 2 nitrogen and oxygen atoms in total. The Hall–Kier alpha value is -8.20. The zero-order chi connectivity index (χ0) is 42.6. The molecular formula is C62H44N2. The van der Waals surface area contributed by atoms with Gasteiger partial charge in [-0.3, -0.25) is 0 Å². The van der Waals surface area contributed by atoms with Crippen molar-refractivity contribution in [3.8, 4) is 39.1 Å². The molecule has 0 saturated heterocycles. The van der Waals surface area contributed by atoms with Crippen molar-refractivity contribution in [1.29, 1.82) is 0 Å². The van der Waals surface area contributed by atoms with Crippen LogP contribution >= 0.6 is 0 Å². The van der Waals surface area contributed by atoms with Crippen LogP contribution in [0.3, 0.4) is 0 Å². The van der Waals surface area contributed by atoms with Crippen LogP contribution in [-0.2, 0) is 11.8 Å². The number of allylic oxidation sites excluding steroid dienone is 5. The number of hydrogen-bond donors (Lipinski definition) is 0. The normalized spacial score (nSPS) is 16.1. The minimum absolute atomic E-state index is 0.686. The van der Waals surface area contributed by atoms with Gasteiger partial charge >= 0.3 is 0 Å². The van der Waals surface area contributed by atoms with E-state index in [0.717, 1.165) is 34.7 Å². The fourth-order valence-electron chi connectivity index (χ4n) is 10.5. The Morgan fingerprint density at radius 1 is 0.422 bits per heavy atom. The van der Waals surface area contributed by atoms with Crippen LogP contribution in [-0.4, -0.2) is 4.57 Å². The van der Waals surface area contributed by atoms with Gasteiger partial charge in [-0.2, -0.15) is 0 Å². The van der Waals surface area contributed by atoms with E-state index >= 15 is 0 Å². The Bertz CT molecular complexity index is 3330. The molecule has 0 amide bonds. The second kappa shape index (κ2) is 15.3. The lowest BCUT2D eigenvalue weighted by atomic mass is 9.66. The lowest BCUT2D eigenvalue weighted by Crippen LogP contribution is -2.30. The van der Waals surface area contributed by atoms with Gasteiger partial charge in [0, 0.05) is 33.5 Å². The van der Waals surface area contributed by atoms with E-state index in [1.54, 1.807) is 0 Å². The minimum Gasteiger partial charge on any atom is -0.310 e. The first-order chi connectivity index (χ1) is 31.7. The van der Waals surface area contributed by atoms with Crippen molar-refractivity contribution in [1.82, 2.24) is 4.57 Å². The van der Waals surface area contributed by atoms with Gasteiger partial charge in [0.05, 0.1) is 16.4 Å². The molecule has 64 heavy (non-hydrogen) atoms. The third-order valence-electron chi connectivity index (χ3n) is 13.5. The predicted molar refractivity (Wildman–Crippen MR) is 269 cm³/mol. The molecule has 1 atom stereocenters. The van der Waals surface area contributed by atoms with Gasteiger partial charge < -0.3 is 9.47 Å². The number of fused-ring (bicyclic) bond motifs is 10. The summed E-state index contributed by atoms with van der Waals surface area (Å²) in [5.74, 6) is 0. The van der Waals surface area contributed by atoms with Gasteiger partial charge in [0.2, 0.25) is 0 Å². The first kappa shape index (κ1) is 37.6. The molecule has 0 aliphatic heterocycles. The second-order valence-electron chi connectivity index (χ2n) is 16.9. The highest BCUT2D eigenvalue weighted by Crippen LogP contribution is 2.59. The molecule has 2 heteroatoms. The molecular weight excluding hydrogens is 773 g/mol. The smallest absolute Gasteiger partial charge is 0.0712 e. The monoisotopic (exact) mass is 816 g/mol. The Morgan fingerprint density at radius 2 is 0.922 bits per heavy atom. The van der Waals surface area contributed by atoms with Crippen molar-refractivity contribution >= 4 is 38.9 Å². The van der Waals surface area contributed by atoms with Crippen LogP contribution in [0.2, 0.25) is 0 Å². The lowest BCUT2D eigenvalue weighted by Gasteiger charge is -2.36. The number of anilines is 3. The van der Waals surface area contributed by atoms with E-state index < -0.39 is 5.41 Å². The molecule has 0 saturated carbocycles. The summed E-state index contributed by atoms with van der Waals surface area (Å²) in [4.78, 5) is 2.41. The summed E-state index contributed by atoms with van der Waals surface area (Å²) in [5, 5.41) is 2.50. The van der Waals surface area contributed by atoms with Crippen LogP contribution in [0.15, 0.2) is 255 Å². The molecule has 0 bridgehead atoms. The maximum absolute atomic E-state index is 5.01. The van der Waals surface area contributed by atoms with Gasteiger partial charge in [-0.05, 0) is 128 Å². The molecule has 9 aromatic carbocycles. The number of aromatic nitrogens is 1. The molecule has 2 aliphatic carbocycles.